The van der Waals surface area contributed by atoms with Crippen molar-refractivity contribution in [3.8, 4) is 5.75 Å². The summed E-state index contributed by atoms with van der Waals surface area (Å²) in [5.41, 5.74) is 2.84. The third-order valence-electron chi connectivity index (χ3n) is 6.83. The van der Waals surface area contributed by atoms with Crippen LogP contribution in [0.5, 0.6) is 5.75 Å². The number of carbonyl (C=O) groups excluding carboxylic acids is 1. The molecule has 0 aliphatic carbocycles. The van der Waals surface area contributed by atoms with Gasteiger partial charge >= 0.3 is 0 Å². The second-order valence-electron chi connectivity index (χ2n) is 8.96. The highest BCUT2D eigenvalue weighted by Gasteiger charge is 2.35. The van der Waals surface area contributed by atoms with Gasteiger partial charge in [-0.15, -0.1) is 0 Å². The van der Waals surface area contributed by atoms with Crippen LogP contribution in [0.4, 0.5) is 0 Å². The van der Waals surface area contributed by atoms with Crippen molar-refractivity contribution in [1.29, 1.82) is 0 Å². The van der Waals surface area contributed by atoms with Gasteiger partial charge in [0.15, 0.2) is 0 Å². The Hall–Kier alpha value is -2.71. The molecule has 1 aromatic heterocycles. The highest BCUT2D eigenvalue weighted by atomic mass is 16.5. The minimum atomic E-state index is -0.296. The van der Waals surface area contributed by atoms with Gasteiger partial charge in [-0.1, -0.05) is 12.1 Å². The van der Waals surface area contributed by atoms with E-state index in [1.54, 1.807) is 7.11 Å². The minimum Gasteiger partial charge on any atom is -0.497 e. The predicted molar refractivity (Wildman–Crippen MR) is 119 cm³/mol. The quantitative estimate of drug-likeness (QED) is 0.766. The number of nitrogens with zero attached hydrogens (tertiary/aromatic N) is 3. The van der Waals surface area contributed by atoms with Crippen molar-refractivity contribution in [1.82, 2.24) is 19.8 Å². The van der Waals surface area contributed by atoms with E-state index in [1.807, 2.05) is 17.0 Å². The van der Waals surface area contributed by atoms with Crippen molar-refractivity contribution in [3.63, 3.8) is 0 Å². The van der Waals surface area contributed by atoms with E-state index in [4.69, 9.17) is 14.5 Å². The molecule has 1 N–H and O–H groups in total. The Bertz CT molecular complexity index is 1030. The number of nitrogens with one attached hydrogen (secondary N) is 1. The van der Waals surface area contributed by atoms with Crippen LogP contribution in [0.2, 0.25) is 0 Å². The molecule has 0 bridgehead atoms. The van der Waals surface area contributed by atoms with Gasteiger partial charge < -0.3 is 19.4 Å². The Kier molecular flexibility index (Phi) is 5.97. The van der Waals surface area contributed by atoms with Gasteiger partial charge in [0.25, 0.3) is 11.5 Å². The fraction of sp³-hybridized carbons (Fsp3) is 0.542. The van der Waals surface area contributed by atoms with E-state index >= 15 is 0 Å². The Balaban J connectivity index is 1.27. The molecule has 4 heterocycles. The number of hydrogen-bond donors (Lipinski definition) is 1. The van der Waals surface area contributed by atoms with E-state index in [0.29, 0.717) is 38.5 Å². The van der Waals surface area contributed by atoms with Crippen molar-refractivity contribution in [2.75, 3.05) is 33.4 Å². The lowest BCUT2D eigenvalue weighted by Gasteiger charge is -2.28. The van der Waals surface area contributed by atoms with Crippen LogP contribution in [0.1, 0.15) is 47.8 Å². The predicted octanol–water partition coefficient (Wildman–Crippen LogP) is 1.83. The van der Waals surface area contributed by atoms with Gasteiger partial charge in [0.1, 0.15) is 17.7 Å². The van der Waals surface area contributed by atoms with Crippen molar-refractivity contribution < 1.29 is 14.3 Å². The SMILES string of the molecule is COc1ccc(CN2CCc3c(nc([C@@H]4CCN(C(=O)[C@@H]5CCCO5)C4)[nH]c3=O)C2)cc1. The third kappa shape index (κ3) is 4.29. The zero-order valence-electron chi connectivity index (χ0n) is 18.5. The summed E-state index contributed by atoms with van der Waals surface area (Å²) in [5, 5.41) is 0. The number of aromatic amines is 1. The standard InChI is InChI=1S/C24H30N4O4/c1-31-18-6-4-16(5-7-18)13-27-10-9-19-20(15-27)25-22(26-23(19)29)17-8-11-28(14-17)24(30)21-3-2-12-32-21/h4-7,17,21H,2-3,8-15H2,1H3,(H,25,26,29)/t17-,21+/m1/s1. The molecule has 170 valence electrons. The van der Waals surface area contributed by atoms with Crippen LogP contribution in [0.25, 0.3) is 0 Å². The van der Waals surface area contributed by atoms with Gasteiger partial charge in [-0.05, 0) is 43.4 Å². The Morgan fingerprint density at radius 3 is 2.84 bits per heavy atom. The first kappa shape index (κ1) is 21.2. The maximum absolute atomic E-state index is 12.8. The molecule has 2 aromatic rings. The Labute approximate surface area is 187 Å². The number of fused-ring (bicyclic) bond motifs is 1. The van der Waals surface area contributed by atoms with Crippen LogP contribution >= 0.6 is 0 Å². The Morgan fingerprint density at radius 1 is 1.25 bits per heavy atom. The molecule has 2 saturated heterocycles. The van der Waals surface area contributed by atoms with E-state index in [2.05, 4.69) is 22.0 Å². The highest BCUT2D eigenvalue weighted by molar-refractivity contribution is 5.81. The zero-order valence-corrected chi connectivity index (χ0v) is 18.5. The second-order valence-corrected chi connectivity index (χ2v) is 8.96. The van der Waals surface area contributed by atoms with Gasteiger partial charge in [-0.25, -0.2) is 4.98 Å². The summed E-state index contributed by atoms with van der Waals surface area (Å²) in [7, 11) is 1.67. The van der Waals surface area contributed by atoms with Crippen LogP contribution in [0.15, 0.2) is 29.1 Å². The van der Waals surface area contributed by atoms with Crippen molar-refractivity contribution in [3.05, 3.63) is 57.3 Å². The molecule has 5 rings (SSSR count). The largest absolute Gasteiger partial charge is 0.497 e. The fourth-order valence-electron chi connectivity index (χ4n) is 4.99. The maximum atomic E-state index is 12.8. The smallest absolute Gasteiger partial charge is 0.254 e. The van der Waals surface area contributed by atoms with Crippen LogP contribution in [0, 0.1) is 0 Å². The molecule has 32 heavy (non-hydrogen) atoms. The van der Waals surface area contributed by atoms with E-state index < -0.39 is 0 Å². The molecule has 0 saturated carbocycles. The molecule has 2 fully saturated rings. The lowest BCUT2D eigenvalue weighted by Crippen LogP contribution is -2.38. The molecule has 8 nitrogen and oxygen atoms in total. The first-order valence-electron chi connectivity index (χ1n) is 11.5. The lowest BCUT2D eigenvalue weighted by molar-refractivity contribution is -0.139. The summed E-state index contributed by atoms with van der Waals surface area (Å²) < 4.78 is 10.8. The first-order valence-corrected chi connectivity index (χ1v) is 11.5. The number of hydrogen-bond acceptors (Lipinski definition) is 6. The fourth-order valence-corrected chi connectivity index (χ4v) is 4.99. The normalized spacial score (nSPS) is 23.3. The average molecular weight is 439 g/mol. The van der Waals surface area contributed by atoms with Crippen LogP contribution in [-0.2, 0) is 29.0 Å². The number of aromatic nitrogens is 2. The number of benzene rings is 1. The Morgan fingerprint density at radius 2 is 2.09 bits per heavy atom. The van der Waals surface area contributed by atoms with Crippen LogP contribution in [-0.4, -0.2) is 65.1 Å². The molecule has 3 aliphatic rings. The van der Waals surface area contributed by atoms with Gasteiger partial charge in [0, 0.05) is 50.8 Å². The summed E-state index contributed by atoms with van der Waals surface area (Å²) in [6.07, 6.45) is 2.96. The summed E-state index contributed by atoms with van der Waals surface area (Å²) in [4.78, 5) is 37.5. The number of likely N-dealkylation sites (tertiary alicyclic amines) is 1. The minimum absolute atomic E-state index is 0.0296. The van der Waals surface area contributed by atoms with E-state index in [0.717, 1.165) is 49.4 Å². The van der Waals surface area contributed by atoms with E-state index in [9.17, 15) is 9.59 Å². The molecule has 8 heteroatoms. The number of amides is 1. The van der Waals surface area contributed by atoms with Crippen molar-refractivity contribution >= 4 is 5.91 Å². The molecule has 1 amide bonds. The molecular formula is C24H30N4O4. The van der Waals surface area contributed by atoms with Crippen LogP contribution < -0.4 is 10.3 Å². The van der Waals surface area contributed by atoms with Crippen molar-refractivity contribution in [2.45, 2.75) is 50.8 Å². The lowest BCUT2D eigenvalue weighted by atomic mass is 10.0. The summed E-state index contributed by atoms with van der Waals surface area (Å²) in [6, 6.07) is 8.09. The summed E-state index contributed by atoms with van der Waals surface area (Å²) in [5.74, 6) is 1.70. The monoisotopic (exact) mass is 438 g/mol. The van der Waals surface area contributed by atoms with Crippen LogP contribution in [0.3, 0.4) is 0 Å². The van der Waals surface area contributed by atoms with Crippen molar-refractivity contribution in [2.24, 2.45) is 0 Å². The summed E-state index contributed by atoms with van der Waals surface area (Å²) in [6.45, 7) is 4.24. The number of H-pyrrole nitrogens is 1. The molecule has 0 radical (unpaired) electrons. The van der Waals surface area contributed by atoms with Gasteiger partial charge in [-0.3, -0.25) is 14.5 Å². The van der Waals surface area contributed by atoms with Gasteiger partial charge in [0.2, 0.25) is 0 Å². The highest BCUT2D eigenvalue weighted by Crippen LogP contribution is 2.28. The average Bonchev–Trinajstić information content (AvgIpc) is 3.52. The molecular weight excluding hydrogens is 408 g/mol. The van der Waals surface area contributed by atoms with Gasteiger partial charge in [0.05, 0.1) is 12.8 Å². The molecule has 0 unspecified atom stereocenters. The number of carbonyl (C=O) groups is 1. The molecule has 1 aromatic carbocycles. The van der Waals surface area contributed by atoms with Gasteiger partial charge in [-0.2, -0.15) is 0 Å². The summed E-state index contributed by atoms with van der Waals surface area (Å²) >= 11 is 0. The molecule has 2 atom stereocenters. The zero-order chi connectivity index (χ0) is 22.1. The van der Waals surface area contributed by atoms with E-state index in [1.165, 1.54) is 5.56 Å². The topological polar surface area (TPSA) is 87.8 Å². The molecule has 0 spiro atoms. The third-order valence-corrected chi connectivity index (χ3v) is 6.83. The second kappa shape index (κ2) is 9.03. The molecule has 3 aliphatic heterocycles. The number of ether oxygens (including phenoxy) is 2. The maximum Gasteiger partial charge on any atom is 0.254 e. The number of rotatable bonds is 5. The first-order chi connectivity index (χ1) is 15.6. The number of methoxy groups -OCH3 is 1. The van der Waals surface area contributed by atoms with E-state index in [-0.39, 0.29) is 23.5 Å².